The highest BCUT2D eigenvalue weighted by Crippen LogP contribution is 2.29. The molecule has 4 unspecified atom stereocenters. The van der Waals surface area contributed by atoms with Gasteiger partial charge >= 0.3 is 0 Å². The van der Waals surface area contributed by atoms with Gasteiger partial charge in [-0.1, -0.05) is 50.6 Å². The maximum absolute atomic E-state index is 3.77. The van der Waals surface area contributed by atoms with Gasteiger partial charge in [0.15, 0.2) is 0 Å². The van der Waals surface area contributed by atoms with E-state index in [1.54, 1.807) is 0 Å². The Bertz CT molecular complexity index is 430. The molecule has 0 aliphatic carbocycles. The summed E-state index contributed by atoms with van der Waals surface area (Å²) >= 11 is 0. The van der Waals surface area contributed by atoms with Gasteiger partial charge < -0.3 is 5.32 Å². The normalized spacial score (nSPS) is 30.0. The number of rotatable bonds is 5. The fourth-order valence-corrected chi connectivity index (χ4v) is 3.54. The molecular weight excluding hydrogens is 256 g/mol. The van der Waals surface area contributed by atoms with E-state index in [4.69, 9.17) is 0 Å². The molecule has 1 saturated heterocycles. The smallest absolute Gasteiger partial charge is 0.0535 e. The van der Waals surface area contributed by atoms with Gasteiger partial charge in [-0.25, -0.2) is 0 Å². The first kappa shape index (κ1) is 16.5. The van der Waals surface area contributed by atoms with Crippen LogP contribution in [0.2, 0.25) is 0 Å². The van der Waals surface area contributed by atoms with Crippen LogP contribution in [0.3, 0.4) is 0 Å². The second kappa shape index (κ2) is 6.93. The van der Waals surface area contributed by atoms with E-state index in [2.05, 4.69) is 75.2 Å². The predicted molar refractivity (Wildman–Crippen MR) is 91.5 cm³/mol. The van der Waals surface area contributed by atoms with Crippen molar-refractivity contribution in [2.24, 2.45) is 5.92 Å². The van der Waals surface area contributed by atoms with Crippen LogP contribution in [0.25, 0.3) is 0 Å². The van der Waals surface area contributed by atoms with Crippen molar-refractivity contribution < 1.29 is 0 Å². The lowest BCUT2D eigenvalue weighted by atomic mass is 9.86. The van der Waals surface area contributed by atoms with Crippen LogP contribution in [0, 0.1) is 5.92 Å². The Hall–Kier alpha value is -0.860. The minimum absolute atomic E-state index is 0.0669. The third-order valence-corrected chi connectivity index (χ3v) is 5.27. The van der Waals surface area contributed by atoms with E-state index in [1.807, 2.05) is 0 Å². The molecular formula is C19H32N2. The first-order chi connectivity index (χ1) is 9.96. The van der Waals surface area contributed by atoms with Crippen LogP contribution in [-0.4, -0.2) is 30.1 Å². The lowest BCUT2D eigenvalue weighted by Gasteiger charge is -2.48. The van der Waals surface area contributed by atoms with Crippen LogP contribution in [0.5, 0.6) is 0 Å². The van der Waals surface area contributed by atoms with Gasteiger partial charge in [0.1, 0.15) is 0 Å². The molecule has 0 saturated carbocycles. The average molecular weight is 288 g/mol. The Morgan fingerprint density at radius 2 is 1.95 bits per heavy atom. The first-order valence-electron chi connectivity index (χ1n) is 8.52. The SMILES string of the molecule is CCC(C)CC(C)N1CC(C)(c2ccccc2)NCC1C. The molecule has 1 aromatic carbocycles. The van der Waals surface area contributed by atoms with Crippen LogP contribution in [0.15, 0.2) is 30.3 Å². The van der Waals surface area contributed by atoms with Crippen molar-refractivity contribution in [3.05, 3.63) is 35.9 Å². The number of nitrogens with zero attached hydrogens (tertiary/aromatic N) is 1. The van der Waals surface area contributed by atoms with E-state index in [0.717, 1.165) is 19.0 Å². The Balaban J connectivity index is 2.12. The van der Waals surface area contributed by atoms with Crippen LogP contribution in [0.4, 0.5) is 0 Å². The van der Waals surface area contributed by atoms with Crippen molar-refractivity contribution in [2.45, 2.75) is 65.1 Å². The number of benzene rings is 1. The molecule has 1 aliphatic heterocycles. The lowest BCUT2D eigenvalue weighted by Crippen LogP contribution is -2.62. The maximum atomic E-state index is 3.77. The molecule has 1 heterocycles. The van der Waals surface area contributed by atoms with Crippen molar-refractivity contribution in [3.8, 4) is 0 Å². The third kappa shape index (κ3) is 3.87. The Morgan fingerprint density at radius 3 is 2.57 bits per heavy atom. The molecule has 118 valence electrons. The molecule has 1 aliphatic rings. The molecule has 1 fully saturated rings. The summed E-state index contributed by atoms with van der Waals surface area (Å²) in [5, 5.41) is 3.77. The zero-order valence-electron chi connectivity index (χ0n) is 14.4. The summed E-state index contributed by atoms with van der Waals surface area (Å²) in [7, 11) is 0. The summed E-state index contributed by atoms with van der Waals surface area (Å²) in [5.74, 6) is 0.810. The molecule has 2 rings (SSSR count). The summed E-state index contributed by atoms with van der Waals surface area (Å²) in [6, 6.07) is 12.2. The third-order valence-electron chi connectivity index (χ3n) is 5.27. The topological polar surface area (TPSA) is 15.3 Å². The van der Waals surface area contributed by atoms with Gasteiger partial charge in [0, 0.05) is 25.2 Å². The summed E-state index contributed by atoms with van der Waals surface area (Å²) in [4.78, 5) is 2.70. The first-order valence-corrected chi connectivity index (χ1v) is 8.52. The van der Waals surface area contributed by atoms with Gasteiger partial charge in [-0.2, -0.15) is 0 Å². The molecule has 1 N–H and O–H groups in total. The Morgan fingerprint density at radius 1 is 1.29 bits per heavy atom. The van der Waals surface area contributed by atoms with E-state index >= 15 is 0 Å². The van der Waals surface area contributed by atoms with E-state index in [1.165, 1.54) is 18.4 Å². The quantitative estimate of drug-likeness (QED) is 0.880. The van der Waals surface area contributed by atoms with E-state index in [9.17, 15) is 0 Å². The molecule has 0 spiro atoms. The Labute approximate surface area is 130 Å². The molecule has 21 heavy (non-hydrogen) atoms. The highest BCUT2D eigenvalue weighted by molar-refractivity contribution is 5.25. The van der Waals surface area contributed by atoms with Crippen LogP contribution < -0.4 is 5.32 Å². The number of nitrogens with one attached hydrogen (secondary N) is 1. The van der Waals surface area contributed by atoms with Crippen molar-refractivity contribution in [1.29, 1.82) is 0 Å². The summed E-state index contributed by atoms with van der Waals surface area (Å²) in [5.41, 5.74) is 1.47. The van der Waals surface area contributed by atoms with Crippen LogP contribution >= 0.6 is 0 Å². The number of hydrogen-bond acceptors (Lipinski definition) is 2. The van der Waals surface area contributed by atoms with Crippen LogP contribution in [0.1, 0.15) is 53.0 Å². The maximum Gasteiger partial charge on any atom is 0.0535 e. The molecule has 0 bridgehead atoms. The van der Waals surface area contributed by atoms with Gasteiger partial charge in [-0.05, 0) is 38.7 Å². The van der Waals surface area contributed by atoms with Crippen molar-refractivity contribution >= 4 is 0 Å². The second-order valence-corrected chi connectivity index (χ2v) is 7.20. The second-order valence-electron chi connectivity index (χ2n) is 7.20. The van der Waals surface area contributed by atoms with Crippen molar-refractivity contribution in [3.63, 3.8) is 0 Å². The van der Waals surface area contributed by atoms with E-state index in [-0.39, 0.29) is 5.54 Å². The van der Waals surface area contributed by atoms with Crippen molar-refractivity contribution in [2.75, 3.05) is 13.1 Å². The van der Waals surface area contributed by atoms with Crippen molar-refractivity contribution in [1.82, 2.24) is 10.2 Å². The summed E-state index contributed by atoms with van der Waals surface area (Å²) in [6.45, 7) is 13.9. The molecule has 0 amide bonds. The molecule has 1 aromatic rings. The van der Waals surface area contributed by atoms with Gasteiger partial charge in [-0.3, -0.25) is 4.90 Å². The number of hydrogen-bond donors (Lipinski definition) is 1. The predicted octanol–water partition coefficient (Wildman–Crippen LogP) is 4.02. The van der Waals surface area contributed by atoms with Gasteiger partial charge in [0.2, 0.25) is 0 Å². The highest BCUT2D eigenvalue weighted by atomic mass is 15.3. The van der Waals surface area contributed by atoms with E-state index < -0.39 is 0 Å². The highest BCUT2D eigenvalue weighted by Gasteiger charge is 2.37. The fraction of sp³-hybridized carbons (Fsp3) is 0.684. The van der Waals surface area contributed by atoms with Gasteiger partial charge in [-0.15, -0.1) is 0 Å². The van der Waals surface area contributed by atoms with Crippen LogP contribution in [-0.2, 0) is 5.54 Å². The monoisotopic (exact) mass is 288 g/mol. The van der Waals surface area contributed by atoms with Gasteiger partial charge in [0.25, 0.3) is 0 Å². The lowest BCUT2D eigenvalue weighted by molar-refractivity contribution is 0.0515. The fourth-order valence-electron chi connectivity index (χ4n) is 3.54. The number of piperazine rings is 1. The summed E-state index contributed by atoms with van der Waals surface area (Å²) in [6.07, 6.45) is 2.58. The Kier molecular flexibility index (Phi) is 5.45. The standard InChI is InChI=1S/C19H32N2/c1-6-15(2)12-16(3)21-14-19(5,20-13-17(21)4)18-10-8-7-9-11-18/h7-11,15-17,20H,6,12-14H2,1-5H3. The minimum Gasteiger partial charge on any atom is -0.305 e. The molecule has 2 heteroatoms. The van der Waals surface area contributed by atoms with Gasteiger partial charge in [0.05, 0.1) is 5.54 Å². The molecule has 0 radical (unpaired) electrons. The zero-order chi connectivity index (χ0) is 15.5. The molecule has 0 aromatic heterocycles. The molecule has 2 nitrogen and oxygen atoms in total. The largest absolute Gasteiger partial charge is 0.305 e. The minimum atomic E-state index is 0.0669. The van der Waals surface area contributed by atoms with E-state index in [0.29, 0.717) is 12.1 Å². The molecule has 4 atom stereocenters. The average Bonchev–Trinajstić information content (AvgIpc) is 2.50. The summed E-state index contributed by atoms with van der Waals surface area (Å²) < 4.78 is 0. The zero-order valence-corrected chi connectivity index (χ0v) is 14.4.